The Morgan fingerprint density at radius 3 is 2.33 bits per heavy atom. The molecule has 210 valence electrons. The van der Waals surface area contributed by atoms with Crippen molar-refractivity contribution < 1.29 is 32.4 Å². The van der Waals surface area contributed by atoms with E-state index in [4.69, 9.17) is 9.47 Å². The van der Waals surface area contributed by atoms with E-state index in [1.54, 1.807) is 51.1 Å². The van der Waals surface area contributed by atoms with Gasteiger partial charge in [-0.2, -0.15) is 5.10 Å². The zero-order chi connectivity index (χ0) is 29.3. The standard InChI is InChI=1S/C27H28N4O8S/c1-27(2,3)39-26(33)19-38-23-14-12-20(13-15-23)17-28-29-25(32)18-30(21-8-7-9-22(16-21)31(34)35)40(36,37)24-10-5-4-6-11-24/h4-17H,18-19H2,1-3H3,(H,29,32)/b28-17+. The number of non-ortho nitro benzene ring substituents is 1. The number of nitrogens with zero attached hydrogens (tertiary/aromatic N) is 3. The number of amides is 1. The normalized spacial score (nSPS) is 11.6. The third-order valence-electron chi connectivity index (χ3n) is 5.01. The van der Waals surface area contributed by atoms with Crippen molar-refractivity contribution in [2.45, 2.75) is 31.3 Å². The summed E-state index contributed by atoms with van der Waals surface area (Å²) in [5, 5.41) is 15.1. The molecular weight excluding hydrogens is 540 g/mol. The van der Waals surface area contributed by atoms with Crippen LogP contribution < -0.4 is 14.5 Å². The predicted molar refractivity (Wildman–Crippen MR) is 148 cm³/mol. The molecule has 0 spiro atoms. The van der Waals surface area contributed by atoms with Crippen molar-refractivity contribution in [3.63, 3.8) is 0 Å². The molecule has 40 heavy (non-hydrogen) atoms. The first kappa shape index (κ1) is 29.8. The molecular formula is C27H28N4O8S. The molecule has 0 unspecified atom stereocenters. The maximum atomic E-state index is 13.3. The van der Waals surface area contributed by atoms with Crippen molar-refractivity contribution in [2.75, 3.05) is 17.5 Å². The average Bonchev–Trinajstić information content (AvgIpc) is 2.91. The molecule has 0 aliphatic carbocycles. The molecule has 0 aliphatic heterocycles. The Morgan fingerprint density at radius 2 is 1.70 bits per heavy atom. The van der Waals surface area contributed by atoms with Crippen LogP contribution in [0.1, 0.15) is 26.3 Å². The molecule has 0 heterocycles. The topological polar surface area (TPSA) is 158 Å². The Kier molecular flexibility index (Phi) is 9.56. The lowest BCUT2D eigenvalue weighted by atomic mass is 10.2. The van der Waals surface area contributed by atoms with E-state index in [0.29, 0.717) is 11.3 Å². The average molecular weight is 569 g/mol. The third kappa shape index (κ3) is 8.63. The van der Waals surface area contributed by atoms with Crippen LogP contribution in [0.2, 0.25) is 0 Å². The fraction of sp³-hybridized carbons (Fsp3) is 0.222. The Hall–Kier alpha value is -4.78. The number of anilines is 1. The van der Waals surface area contributed by atoms with Crippen LogP contribution in [-0.4, -0.2) is 50.2 Å². The van der Waals surface area contributed by atoms with Crippen LogP contribution in [-0.2, 0) is 24.3 Å². The number of hydrogen-bond acceptors (Lipinski definition) is 9. The monoisotopic (exact) mass is 568 g/mol. The largest absolute Gasteiger partial charge is 0.482 e. The van der Waals surface area contributed by atoms with E-state index in [9.17, 15) is 28.1 Å². The number of nitro benzene ring substituents is 1. The Bertz CT molecular complexity index is 1480. The van der Waals surface area contributed by atoms with E-state index in [-0.39, 0.29) is 22.9 Å². The molecule has 0 radical (unpaired) electrons. The lowest BCUT2D eigenvalue weighted by Gasteiger charge is -2.23. The van der Waals surface area contributed by atoms with E-state index >= 15 is 0 Å². The van der Waals surface area contributed by atoms with Gasteiger partial charge in [-0.25, -0.2) is 18.6 Å². The van der Waals surface area contributed by atoms with Gasteiger partial charge in [-0.15, -0.1) is 0 Å². The number of sulfonamides is 1. The lowest BCUT2D eigenvalue weighted by Crippen LogP contribution is -2.39. The second kappa shape index (κ2) is 12.8. The molecule has 1 N–H and O–H groups in total. The lowest BCUT2D eigenvalue weighted by molar-refractivity contribution is -0.384. The number of nitrogens with one attached hydrogen (secondary N) is 1. The molecule has 0 atom stereocenters. The first-order valence-corrected chi connectivity index (χ1v) is 13.4. The predicted octanol–water partition coefficient (Wildman–Crippen LogP) is 3.66. The molecule has 0 fully saturated rings. The van der Waals surface area contributed by atoms with Gasteiger partial charge < -0.3 is 9.47 Å². The summed E-state index contributed by atoms with van der Waals surface area (Å²) < 4.78 is 38.0. The second-order valence-corrected chi connectivity index (χ2v) is 11.2. The van der Waals surface area contributed by atoms with Crippen molar-refractivity contribution in [1.29, 1.82) is 0 Å². The summed E-state index contributed by atoms with van der Waals surface area (Å²) in [6, 6.07) is 18.9. The van der Waals surface area contributed by atoms with Crippen LogP contribution in [0.4, 0.5) is 11.4 Å². The van der Waals surface area contributed by atoms with Gasteiger partial charge in [0.1, 0.15) is 17.9 Å². The smallest absolute Gasteiger partial charge is 0.344 e. The fourth-order valence-corrected chi connectivity index (χ4v) is 4.74. The zero-order valence-electron chi connectivity index (χ0n) is 22.0. The summed E-state index contributed by atoms with van der Waals surface area (Å²) in [6.45, 7) is 4.32. The van der Waals surface area contributed by atoms with Crippen LogP contribution in [0.3, 0.4) is 0 Å². The van der Waals surface area contributed by atoms with Gasteiger partial charge >= 0.3 is 5.97 Å². The number of esters is 1. The van der Waals surface area contributed by atoms with Gasteiger partial charge in [0.15, 0.2) is 6.61 Å². The van der Waals surface area contributed by atoms with Crippen LogP contribution in [0.5, 0.6) is 5.75 Å². The van der Waals surface area contributed by atoms with E-state index in [1.807, 2.05) is 0 Å². The molecule has 1 amide bonds. The van der Waals surface area contributed by atoms with E-state index in [2.05, 4.69) is 10.5 Å². The first-order chi connectivity index (χ1) is 18.8. The summed E-state index contributed by atoms with van der Waals surface area (Å²) in [5.74, 6) is -0.861. The van der Waals surface area contributed by atoms with Crippen molar-refractivity contribution in [1.82, 2.24) is 5.43 Å². The molecule has 0 aromatic heterocycles. The van der Waals surface area contributed by atoms with Crippen LogP contribution >= 0.6 is 0 Å². The molecule has 0 bridgehead atoms. The van der Waals surface area contributed by atoms with Crippen molar-refractivity contribution >= 4 is 39.5 Å². The molecule has 0 aliphatic rings. The van der Waals surface area contributed by atoms with Gasteiger partial charge in [0.05, 0.1) is 21.7 Å². The van der Waals surface area contributed by atoms with E-state index in [0.717, 1.165) is 10.4 Å². The SMILES string of the molecule is CC(C)(C)OC(=O)COc1ccc(/C=N/NC(=O)CN(c2cccc([N+](=O)[O-])c2)S(=O)(=O)c2ccccc2)cc1. The number of hydrazone groups is 1. The van der Waals surface area contributed by atoms with E-state index in [1.165, 1.54) is 48.7 Å². The molecule has 12 nitrogen and oxygen atoms in total. The highest BCUT2D eigenvalue weighted by Crippen LogP contribution is 2.26. The molecule has 13 heteroatoms. The first-order valence-electron chi connectivity index (χ1n) is 11.9. The number of rotatable bonds is 11. The summed E-state index contributed by atoms with van der Waals surface area (Å²) in [7, 11) is -4.24. The molecule has 3 aromatic carbocycles. The molecule has 0 saturated heterocycles. The van der Waals surface area contributed by atoms with Gasteiger partial charge in [0.25, 0.3) is 21.6 Å². The summed E-state index contributed by atoms with van der Waals surface area (Å²) in [5.41, 5.74) is 1.84. The summed E-state index contributed by atoms with van der Waals surface area (Å²) in [4.78, 5) is 35.0. The maximum absolute atomic E-state index is 13.3. The van der Waals surface area contributed by atoms with Gasteiger partial charge in [-0.05, 0) is 68.8 Å². The second-order valence-electron chi connectivity index (χ2n) is 9.34. The maximum Gasteiger partial charge on any atom is 0.344 e. The minimum absolute atomic E-state index is 0.0563. The number of hydrogen-bond donors (Lipinski definition) is 1. The van der Waals surface area contributed by atoms with Gasteiger partial charge in [-0.1, -0.05) is 24.3 Å². The number of carbonyl (C=O) groups excluding carboxylic acids is 2. The number of carbonyl (C=O) groups is 2. The highest BCUT2D eigenvalue weighted by Gasteiger charge is 2.28. The number of nitro groups is 1. The number of benzene rings is 3. The van der Waals surface area contributed by atoms with Crippen molar-refractivity contribution in [2.24, 2.45) is 5.10 Å². The van der Waals surface area contributed by atoms with E-state index < -0.39 is 39.0 Å². The van der Waals surface area contributed by atoms with Crippen molar-refractivity contribution in [3.05, 3.63) is 94.5 Å². The minimum Gasteiger partial charge on any atom is -0.482 e. The van der Waals surface area contributed by atoms with Gasteiger partial charge in [0.2, 0.25) is 0 Å². The molecule has 3 aromatic rings. The fourth-order valence-electron chi connectivity index (χ4n) is 3.30. The third-order valence-corrected chi connectivity index (χ3v) is 6.79. The van der Waals surface area contributed by atoms with Crippen LogP contribution in [0.15, 0.2) is 88.9 Å². The summed E-state index contributed by atoms with van der Waals surface area (Å²) >= 11 is 0. The molecule has 0 saturated carbocycles. The van der Waals surface area contributed by atoms with Gasteiger partial charge in [0, 0.05) is 12.1 Å². The quantitative estimate of drug-likeness (QED) is 0.159. The zero-order valence-corrected chi connectivity index (χ0v) is 22.8. The Morgan fingerprint density at radius 1 is 1.02 bits per heavy atom. The minimum atomic E-state index is -4.24. The Labute approximate surface area is 231 Å². The van der Waals surface area contributed by atoms with Crippen molar-refractivity contribution in [3.8, 4) is 5.75 Å². The number of ether oxygens (including phenoxy) is 2. The summed E-state index contributed by atoms with van der Waals surface area (Å²) in [6.07, 6.45) is 1.33. The van der Waals surface area contributed by atoms with Crippen LogP contribution in [0.25, 0.3) is 0 Å². The Balaban J connectivity index is 1.68. The highest BCUT2D eigenvalue weighted by molar-refractivity contribution is 7.92. The van der Waals surface area contributed by atoms with Crippen LogP contribution in [0, 0.1) is 10.1 Å². The molecule has 3 rings (SSSR count). The highest BCUT2D eigenvalue weighted by atomic mass is 32.2. The van der Waals surface area contributed by atoms with Gasteiger partial charge in [-0.3, -0.25) is 19.2 Å².